The van der Waals surface area contributed by atoms with Crippen LogP contribution in [0.5, 0.6) is 0 Å². The van der Waals surface area contributed by atoms with Gasteiger partial charge in [-0.05, 0) is 23.1 Å². The fraction of sp³-hybridized carbons (Fsp3) is 0.269. The van der Waals surface area contributed by atoms with Crippen molar-refractivity contribution in [2.75, 3.05) is 6.61 Å². The van der Waals surface area contributed by atoms with E-state index in [4.69, 9.17) is 9.73 Å². The Morgan fingerprint density at radius 3 is 1.86 bits per heavy atom. The molecule has 3 nitrogen and oxygen atoms in total. The van der Waals surface area contributed by atoms with Gasteiger partial charge in [-0.2, -0.15) is 0 Å². The highest BCUT2D eigenvalue weighted by Gasteiger charge is 2.30. The Morgan fingerprint density at radius 1 is 0.828 bits per heavy atom. The average Bonchev–Trinajstić information content (AvgIpc) is 3.26. The minimum absolute atomic E-state index is 0.0931. The molecule has 0 bridgehead atoms. The van der Waals surface area contributed by atoms with Gasteiger partial charge in [-0.1, -0.05) is 97.9 Å². The molecule has 0 saturated heterocycles. The van der Waals surface area contributed by atoms with E-state index < -0.39 is 0 Å². The lowest BCUT2D eigenvalue weighted by Gasteiger charge is -2.30. The molecule has 0 spiro atoms. The van der Waals surface area contributed by atoms with Gasteiger partial charge in [-0.15, -0.1) is 0 Å². The van der Waals surface area contributed by atoms with Crippen LogP contribution >= 0.6 is 0 Å². The van der Waals surface area contributed by atoms with Gasteiger partial charge in [0.05, 0.1) is 6.04 Å². The Labute approximate surface area is 173 Å². The Hall–Kier alpha value is -2.91. The number of nitrogens with zero attached hydrogens (tertiary/aromatic N) is 2. The molecular weight excluding hydrogens is 356 g/mol. The van der Waals surface area contributed by atoms with Crippen molar-refractivity contribution in [3.63, 3.8) is 0 Å². The molecule has 3 heteroatoms. The van der Waals surface area contributed by atoms with Gasteiger partial charge in [-0.3, -0.25) is 4.90 Å². The van der Waals surface area contributed by atoms with Crippen LogP contribution in [0.4, 0.5) is 0 Å². The van der Waals surface area contributed by atoms with E-state index in [-0.39, 0.29) is 12.1 Å². The van der Waals surface area contributed by atoms with Gasteiger partial charge >= 0.3 is 0 Å². The van der Waals surface area contributed by atoms with Gasteiger partial charge in [0.1, 0.15) is 12.6 Å². The molecule has 1 unspecified atom stereocenters. The predicted molar refractivity (Wildman–Crippen MR) is 119 cm³/mol. The first-order valence-electron chi connectivity index (χ1n) is 10.4. The standard InChI is InChI=1S/C26H28N2O/c1-2-25(26-27-24(20-29-26)23-16-10-5-11-17-23)28(18-21-12-6-3-7-13-21)19-22-14-8-4-9-15-22/h3-17,24-25H,2,18-20H2,1H3/t24-,25?/m0/s1. The van der Waals surface area contributed by atoms with E-state index >= 15 is 0 Å². The summed E-state index contributed by atoms with van der Waals surface area (Å²) in [7, 11) is 0. The number of rotatable bonds is 8. The fourth-order valence-corrected chi connectivity index (χ4v) is 3.92. The summed E-state index contributed by atoms with van der Waals surface area (Å²) < 4.78 is 6.14. The van der Waals surface area contributed by atoms with E-state index in [2.05, 4.69) is 96.8 Å². The lowest BCUT2D eigenvalue weighted by Crippen LogP contribution is -2.40. The molecule has 1 aliphatic rings. The van der Waals surface area contributed by atoms with Crippen LogP contribution in [0.15, 0.2) is 96.0 Å². The lowest BCUT2D eigenvalue weighted by atomic mass is 10.1. The molecule has 0 N–H and O–H groups in total. The Kier molecular flexibility index (Phi) is 6.38. The van der Waals surface area contributed by atoms with Crippen LogP contribution in [0.2, 0.25) is 0 Å². The zero-order chi connectivity index (χ0) is 19.9. The molecule has 4 rings (SSSR count). The summed E-state index contributed by atoms with van der Waals surface area (Å²) >= 11 is 0. The van der Waals surface area contributed by atoms with Crippen molar-refractivity contribution in [3.05, 3.63) is 108 Å². The van der Waals surface area contributed by atoms with Crippen molar-refractivity contribution in [3.8, 4) is 0 Å². The SMILES string of the molecule is CCC(C1=N[C@H](c2ccccc2)CO1)N(Cc1ccccc1)Cc1ccccc1. The van der Waals surface area contributed by atoms with Crippen molar-refractivity contribution in [1.82, 2.24) is 4.90 Å². The predicted octanol–water partition coefficient (Wildman–Crippen LogP) is 5.64. The number of aliphatic imine (C=N–C) groups is 1. The third kappa shape index (κ3) is 4.93. The minimum Gasteiger partial charge on any atom is -0.477 e. The maximum absolute atomic E-state index is 6.14. The Morgan fingerprint density at radius 2 is 1.34 bits per heavy atom. The van der Waals surface area contributed by atoms with E-state index in [1.165, 1.54) is 16.7 Å². The first-order chi connectivity index (χ1) is 14.3. The molecule has 0 fully saturated rings. The summed E-state index contributed by atoms with van der Waals surface area (Å²) in [5.74, 6) is 0.869. The maximum Gasteiger partial charge on any atom is 0.201 e. The minimum atomic E-state index is 0.0931. The molecule has 29 heavy (non-hydrogen) atoms. The quantitative estimate of drug-likeness (QED) is 0.502. The second-order valence-corrected chi connectivity index (χ2v) is 7.51. The van der Waals surface area contributed by atoms with Gasteiger partial charge in [0, 0.05) is 13.1 Å². The highest BCUT2D eigenvalue weighted by Crippen LogP contribution is 2.27. The average molecular weight is 385 g/mol. The highest BCUT2D eigenvalue weighted by molar-refractivity contribution is 5.83. The Bertz CT molecular complexity index is 868. The lowest BCUT2D eigenvalue weighted by molar-refractivity contribution is 0.189. The molecule has 0 amide bonds. The Balaban J connectivity index is 1.59. The largest absolute Gasteiger partial charge is 0.477 e. The topological polar surface area (TPSA) is 24.8 Å². The molecular formula is C26H28N2O. The van der Waals surface area contributed by atoms with Crippen LogP contribution < -0.4 is 0 Å². The summed E-state index contributed by atoms with van der Waals surface area (Å²) in [5.41, 5.74) is 3.83. The summed E-state index contributed by atoms with van der Waals surface area (Å²) in [6.07, 6.45) is 0.958. The smallest absolute Gasteiger partial charge is 0.201 e. The van der Waals surface area contributed by atoms with Crippen molar-refractivity contribution in [2.45, 2.75) is 38.5 Å². The summed E-state index contributed by atoms with van der Waals surface area (Å²) in [6.45, 7) is 4.58. The van der Waals surface area contributed by atoms with Crippen LogP contribution in [-0.2, 0) is 17.8 Å². The fourth-order valence-electron chi connectivity index (χ4n) is 3.92. The van der Waals surface area contributed by atoms with Crippen molar-refractivity contribution < 1.29 is 4.74 Å². The van der Waals surface area contributed by atoms with Crippen molar-refractivity contribution in [2.24, 2.45) is 4.99 Å². The number of hydrogen-bond acceptors (Lipinski definition) is 3. The van der Waals surface area contributed by atoms with E-state index in [0.29, 0.717) is 6.61 Å². The van der Waals surface area contributed by atoms with Crippen LogP contribution in [0.1, 0.15) is 36.1 Å². The first kappa shape index (κ1) is 19.4. The zero-order valence-corrected chi connectivity index (χ0v) is 16.9. The maximum atomic E-state index is 6.14. The molecule has 0 radical (unpaired) electrons. The molecule has 3 aromatic carbocycles. The van der Waals surface area contributed by atoms with Gasteiger partial charge < -0.3 is 4.74 Å². The molecule has 2 atom stereocenters. The number of hydrogen-bond donors (Lipinski definition) is 0. The zero-order valence-electron chi connectivity index (χ0n) is 16.9. The van der Waals surface area contributed by atoms with Crippen LogP contribution in [0, 0.1) is 0 Å². The summed E-state index contributed by atoms with van der Waals surface area (Å²) in [6, 6.07) is 32.0. The molecule has 0 saturated carbocycles. The van der Waals surface area contributed by atoms with Crippen molar-refractivity contribution in [1.29, 1.82) is 0 Å². The van der Waals surface area contributed by atoms with Gasteiger partial charge in [0.25, 0.3) is 0 Å². The van der Waals surface area contributed by atoms with E-state index in [1.807, 2.05) is 6.07 Å². The van der Waals surface area contributed by atoms with E-state index in [1.54, 1.807) is 0 Å². The van der Waals surface area contributed by atoms with E-state index in [9.17, 15) is 0 Å². The third-order valence-electron chi connectivity index (χ3n) is 5.43. The van der Waals surface area contributed by atoms with Crippen LogP contribution in [0.25, 0.3) is 0 Å². The molecule has 1 aliphatic heterocycles. The van der Waals surface area contributed by atoms with Crippen LogP contribution in [-0.4, -0.2) is 23.4 Å². The second-order valence-electron chi connectivity index (χ2n) is 7.51. The molecule has 0 aliphatic carbocycles. The highest BCUT2D eigenvalue weighted by atomic mass is 16.5. The second kappa shape index (κ2) is 9.53. The van der Waals surface area contributed by atoms with Crippen LogP contribution in [0.3, 0.4) is 0 Å². The van der Waals surface area contributed by atoms with Gasteiger partial charge in [-0.25, -0.2) is 4.99 Å². The third-order valence-corrected chi connectivity index (χ3v) is 5.43. The summed E-state index contributed by atoms with van der Waals surface area (Å²) in [4.78, 5) is 7.47. The molecule has 3 aromatic rings. The normalized spacial score (nSPS) is 17.0. The number of benzene rings is 3. The van der Waals surface area contributed by atoms with Gasteiger partial charge in [0.2, 0.25) is 5.90 Å². The first-order valence-corrected chi connectivity index (χ1v) is 10.4. The molecule has 148 valence electrons. The summed E-state index contributed by atoms with van der Waals surface area (Å²) in [5, 5.41) is 0. The molecule has 1 heterocycles. The number of ether oxygens (including phenoxy) is 1. The molecule has 0 aromatic heterocycles. The van der Waals surface area contributed by atoms with Gasteiger partial charge in [0.15, 0.2) is 0 Å². The monoisotopic (exact) mass is 384 g/mol. The van der Waals surface area contributed by atoms with Crippen molar-refractivity contribution >= 4 is 5.90 Å². The van der Waals surface area contributed by atoms with E-state index in [0.717, 1.165) is 25.4 Å².